The van der Waals surface area contributed by atoms with Crippen LogP contribution >= 0.6 is 0 Å². The van der Waals surface area contributed by atoms with Crippen LogP contribution in [0.25, 0.3) is 0 Å². The van der Waals surface area contributed by atoms with Gasteiger partial charge in [0, 0.05) is 6.20 Å². The van der Waals surface area contributed by atoms with E-state index in [1.165, 1.54) is 0 Å². The highest BCUT2D eigenvalue weighted by Crippen LogP contribution is 1.97. The molecule has 5 heteroatoms. The first-order chi connectivity index (χ1) is 6.59. The molecule has 1 heterocycles. The predicted octanol–water partition coefficient (Wildman–Crippen LogP) is -0.385. The first kappa shape index (κ1) is 10.5. The van der Waals surface area contributed by atoms with E-state index in [4.69, 9.17) is 5.73 Å². The summed E-state index contributed by atoms with van der Waals surface area (Å²) in [5, 5.41) is 0. The molecule has 0 unspecified atom stereocenters. The van der Waals surface area contributed by atoms with Crippen LogP contribution in [0, 0.1) is 0 Å². The second-order valence-electron chi connectivity index (χ2n) is 3.15. The number of carbonyl (C=O) groups excluding carboxylic acids is 2. The van der Waals surface area contributed by atoms with Crippen molar-refractivity contribution in [3.8, 4) is 0 Å². The fourth-order valence-electron chi connectivity index (χ4n) is 1.16. The number of hydrogen-bond donors (Lipinski definition) is 2. The number of primary amides is 1. The molecule has 0 aromatic carbocycles. The van der Waals surface area contributed by atoms with Gasteiger partial charge in [0.1, 0.15) is 0 Å². The Balaban J connectivity index is 2.45. The second-order valence-corrected chi connectivity index (χ2v) is 3.15. The molecule has 0 aliphatic heterocycles. The van der Waals surface area contributed by atoms with Crippen molar-refractivity contribution in [2.24, 2.45) is 5.73 Å². The summed E-state index contributed by atoms with van der Waals surface area (Å²) in [6, 6.07) is 3.45. The average Bonchev–Trinajstić information content (AvgIpc) is 2.53. The van der Waals surface area contributed by atoms with Crippen molar-refractivity contribution in [3.63, 3.8) is 0 Å². The molecule has 1 aromatic heterocycles. The number of rotatable bonds is 5. The van der Waals surface area contributed by atoms with Crippen molar-refractivity contribution in [2.45, 2.75) is 0 Å². The van der Waals surface area contributed by atoms with Crippen molar-refractivity contribution in [2.75, 3.05) is 20.1 Å². The number of nitrogens with two attached hydrogens (primary N) is 1. The van der Waals surface area contributed by atoms with Crippen LogP contribution in [0.15, 0.2) is 18.3 Å². The topological polar surface area (TPSA) is 79.2 Å². The van der Waals surface area contributed by atoms with Crippen LogP contribution in [-0.4, -0.2) is 41.7 Å². The highest BCUT2D eigenvalue weighted by Gasteiger charge is 2.10. The number of aromatic amines is 1. The summed E-state index contributed by atoms with van der Waals surface area (Å²) >= 11 is 0. The lowest BCUT2D eigenvalue weighted by molar-refractivity contribution is -0.118. The third-order valence-corrected chi connectivity index (χ3v) is 1.74. The number of nitrogens with one attached hydrogen (secondary N) is 1. The molecule has 1 aromatic rings. The SMILES string of the molecule is CN(CC(N)=O)CC(=O)c1ccc[nH]1. The maximum atomic E-state index is 11.5. The number of H-pyrrole nitrogens is 1. The molecule has 0 saturated carbocycles. The Morgan fingerprint density at radius 1 is 1.50 bits per heavy atom. The van der Waals surface area contributed by atoms with Gasteiger partial charge in [-0.3, -0.25) is 14.5 Å². The van der Waals surface area contributed by atoms with Gasteiger partial charge in [0.2, 0.25) is 5.91 Å². The molecule has 1 amide bonds. The standard InChI is InChI=1S/C9H13N3O2/c1-12(6-9(10)14)5-8(13)7-3-2-4-11-7/h2-4,11H,5-6H2,1H3,(H2,10,14). The Morgan fingerprint density at radius 2 is 2.21 bits per heavy atom. The minimum Gasteiger partial charge on any atom is -0.369 e. The average molecular weight is 195 g/mol. The Labute approximate surface area is 81.9 Å². The van der Waals surface area contributed by atoms with Gasteiger partial charge in [0.15, 0.2) is 5.78 Å². The van der Waals surface area contributed by atoms with Crippen LogP contribution in [0.1, 0.15) is 10.5 Å². The molecular weight excluding hydrogens is 182 g/mol. The van der Waals surface area contributed by atoms with Crippen LogP contribution in [0.4, 0.5) is 0 Å². The van der Waals surface area contributed by atoms with Gasteiger partial charge >= 0.3 is 0 Å². The molecule has 5 nitrogen and oxygen atoms in total. The predicted molar refractivity (Wildman–Crippen MR) is 51.8 cm³/mol. The molecular formula is C9H13N3O2. The van der Waals surface area contributed by atoms with E-state index >= 15 is 0 Å². The van der Waals surface area contributed by atoms with Crippen molar-refractivity contribution in [1.29, 1.82) is 0 Å². The lowest BCUT2D eigenvalue weighted by atomic mass is 10.3. The van der Waals surface area contributed by atoms with Crippen LogP contribution in [-0.2, 0) is 4.79 Å². The summed E-state index contributed by atoms with van der Waals surface area (Å²) in [6.07, 6.45) is 1.68. The zero-order chi connectivity index (χ0) is 10.6. The van der Waals surface area contributed by atoms with Gasteiger partial charge < -0.3 is 10.7 Å². The van der Waals surface area contributed by atoms with Gasteiger partial charge in [-0.15, -0.1) is 0 Å². The molecule has 0 atom stereocenters. The highest BCUT2D eigenvalue weighted by atomic mass is 16.1. The summed E-state index contributed by atoms with van der Waals surface area (Å²) in [7, 11) is 1.67. The minimum atomic E-state index is -0.438. The normalized spacial score (nSPS) is 10.4. The maximum Gasteiger partial charge on any atom is 0.231 e. The number of aromatic nitrogens is 1. The third kappa shape index (κ3) is 3.02. The molecule has 0 bridgehead atoms. The summed E-state index contributed by atoms with van der Waals surface area (Å²) < 4.78 is 0. The smallest absolute Gasteiger partial charge is 0.231 e. The van der Waals surface area contributed by atoms with Crippen molar-refractivity contribution in [1.82, 2.24) is 9.88 Å². The molecule has 1 rings (SSSR count). The van der Waals surface area contributed by atoms with E-state index in [0.717, 1.165) is 0 Å². The van der Waals surface area contributed by atoms with Gasteiger partial charge in [-0.25, -0.2) is 0 Å². The molecule has 0 aliphatic rings. The minimum absolute atomic E-state index is 0.0567. The fraction of sp³-hybridized carbons (Fsp3) is 0.333. The lowest BCUT2D eigenvalue weighted by Crippen LogP contribution is -2.34. The van der Waals surface area contributed by atoms with E-state index in [0.29, 0.717) is 5.69 Å². The van der Waals surface area contributed by atoms with Crippen molar-refractivity contribution >= 4 is 11.7 Å². The van der Waals surface area contributed by atoms with E-state index in [1.807, 2.05) is 0 Å². The quantitative estimate of drug-likeness (QED) is 0.628. The summed E-state index contributed by atoms with van der Waals surface area (Å²) in [6.45, 7) is 0.274. The third-order valence-electron chi connectivity index (χ3n) is 1.74. The van der Waals surface area contributed by atoms with Crippen LogP contribution in [0.2, 0.25) is 0 Å². The van der Waals surface area contributed by atoms with Crippen LogP contribution in [0.3, 0.4) is 0 Å². The summed E-state index contributed by atoms with van der Waals surface area (Å²) in [4.78, 5) is 26.4. The van der Waals surface area contributed by atoms with Gasteiger partial charge in [0.05, 0.1) is 18.8 Å². The summed E-state index contributed by atoms with van der Waals surface area (Å²) in [5.74, 6) is -0.495. The van der Waals surface area contributed by atoms with E-state index in [2.05, 4.69) is 4.98 Å². The first-order valence-electron chi connectivity index (χ1n) is 4.23. The zero-order valence-corrected chi connectivity index (χ0v) is 7.99. The Hall–Kier alpha value is -1.62. The molecule has 0 saturated heterocycles. The van der Waals surface area contributed by atoms with Crippen molar-refractivity contribution < 1.29 is 9.59 Å². The molecule has 0 spiro atoms. The molecule has 0 radical (unpaired) electrons. The van der Waals surface area contributed by atoms with Crippen molar-refractivity contribution in [3.05, 3.63) is 24.0 Å². The monoisotopic (exact) mass is 195 g/mol. The Kier molecular flexibility index (Phi) is 3.41. The molecule has 76 valence electrons. The first-order valence-corrected chi connectivity index (χ1v) is 4.23. The second kappa shape index (κ2) is 4.57. The van der Waals surface area contributed by atoms with Crippen LogP contribution < -0.4 is 5.73 Å². The molecule has 14 heavy (non-hydrogen) atoms. The lowest BCUT2D eigenvalue weighted by Gasteiger charge is -2.12. The number of nitrogens with zero attached hydrogens (tertiary/aromatic N) is 1. The number of ketones is 1. The number of hydrogen-bond acceptors (Lipinski definition) is 3. The zero-order valence-electron chi connectivity index (χ0n) is 7.99. The Morgan fingerprint density at radius 3 is 2.71 bits per heavy atom. The van der Waals surface area contributed by atoms with Gasteiger partial charge in [0.25, 0.3) is 0 Å². The van der Waals surface area contributed by atoms with Gasteiger partial charge in [-0.1, -0.05) is 0 Å². The summed E-state index contributed by atoms with van der Waals surface area (Å²) in [5.41, 5.74) is 5.53. The number of likely N-dealkylation sites (N-methyl/N-ethyl adjacent to an activating group) is 1. The maximum absolute atomic E-state index is 11.5. The van der Waals surface area contributed by atoms with E-state index in [1.54, 1.807) is 30.3 Å². The highest BCUT2D eigenvalue weighted by molar-refractivity contribution is 5.96. The molecule has 0 aliphatic carbocycles. The number of carbonyl (C=O) groups is 2. The Bertz CT molecular complexity index is 319. The van der Waals surface area contributed by atoms with E-state index in [-0.39, 0.29) is 18.9 Å². The van der Waals surface area contributed by atoms with E-state index in [9.17, 15) is 9.59 Å². The van der Waals surface area contributed by atoms with E-state index < -0.39 is 5.91 Å². The largest absolute Gasteiger partial charge is 0.369 e. The molecule has 3 N–H and O–H groups in total. The van der Waals surface area contributed by atoms with Crippen LogP contribution in [0.5, 0.6) is 0 Å². The number of Topliss-reactive ketones (excluding diaryl/α,β-unsaturated/α-hetero) is 1. The fourth-order valence-corrected chi connectivity index (χ4v) is 1.16. The van der Waals surface area contributed by atoms with Gasteiger partial charge in [-0.2, -0.15) is 0 Å². The molecule has 0 fully saturated rings. The number of amides is 1. The van der Waals surface area contributed by atoms with Gasteiger partial charge in [-0.05, 0) is 19.2 Å².